The SMILES string of the molecule is CCCn1ncnc1[C@@H](C)NC(=O)c1c(Cl)cnn1C. The topological polar surface area (TPSA) is 77.6 Å². The van der Waals surface area contributed by atoms with Crippen LogP contribution in [0.5, 0.6) is 0 Å². The van der Waals surface area contributed by atoms with Crippen LogP contribution in [0.2, 0.25) is 5.02 Å². The molecule has 0 aliphatic rings. The summed E-state index contributed by atoms with van der Waals surface area (Å²) in [6, 6.07) is -0.262. The number of hydrogen-bond donors (Lipinski definition) is 1. The van der Waals surface area contributed by atoms with E-state index in [4.69, 9.17) is 11.6 Å². The van der Waals surface area contributed by atoms with E-state index in [9.17, 15) is 4.79 Å². The van der Waals surface area contributed by atoms with Gasteiger partial charge in [0.05, 0.1) is 17.3 Å². The molecular formula is C12H17ClN6O. The average molecular weight is 297 g/mol. The maximum absolute atomic E-state index is 12.2. The Balaban J connectivity index is 2.13. The molecule has 0 radical (unpaired) electrons. The molecule has 0 aromatic carbocycles. The largest absolute Gasteiger partial charge is 0.341 e. The first-order chi connectivity index (χ1) is 9.54. The molecule has 0 aliphatic carbocycles. The van der Waals surface area contributed by atoms with Crippen molar-refractivity contribution >= 4 is 17.5 Å². The Bertz CT molecular complexity index is 585. The van der Waals surface area contributed by atoms with E-state index in [2.05, 4.69) is 27.4 Å². The van der Waals surface area contributed by atoms with Gasteiger partial charge in [0.1, 0.15) is 17.8 Å². The van der Waals surface area contributed by atoms with Crippen LogP contribution in [0.15, 0.2) is 12.5 Å². The molecule has 0 bridgehead atoms. The Hall–Kier alpha value is -1.89. The number of amides is 1. The molecule has 0 fully saturated rings. The summed E-state index contributed by atoms with van der Waals surface area (Å²) < 4.78 is 3.23. The maximum Gasteiger partial charge on any atom is 0.271 e. The highest BCUT2D eigenvalue weighted by Crippen LogP contribution is 2.16. The minimum atomic E-state index is -0.284. The zero-order chi connectivity index (χ0) is 14.7. The fourth-order valence-corrected chi connectivity index (χ4v) is 2.24. The monoisotopic (exact) mass is 296 g/mol. The molecule has 2 aromatic heterocycles. The summed E-state index contributed by atoms with van der Waals surface area (Å²) in [5, 5.41) is 11.3. The van der Waals surface area contributed by atoms with Crippen LogP contribution in [0.4, 0.5) is 0 Å². The lowest BCUT2D eigenvalue weighted by Crippen LogP contribution is -2.30. The van der Waals surface area contributed by atoms with Crippen LogP contribution in [-0.2, 0) is 13.6 Å². The zero-order valence-electron chi connectivity index (χ0n) is 11.7. The second-order valence-corrected chi connectivity index (χ2v) is 4.91. The summed E-state index contributed by atoms with van der Waals surface area (Å²) >= 11 is 5.95. The minimum absolute atomic E-state index is 0.262. The number of carbonyl (C=O) groups excluding carboxylic acids is 1. The molecule has 2 aromatic rings. The summed E-state index contributed by atoms with van der Waals surface area (Å²) in [6.07, 6.45) is 3.88. The van der Waals surface area contributed by atoms with Crippen LogP contribution >= 0.6 is 11.6 Å². The number of carbonyl (C=O) groups is 1. The first-order valence-electron chi connectivity index (χ1n) is 6.40. The second-order valence-electron chi connectivity index (χ2n) is 4.50. The third kappa shape index (κ3) is 2.82. The van der Waals surface area contributed by atoms with E-state index >= 15 is 0 Å². The van der Waals surface area contributed by atoms with Crippen molar-refractivity contribution in [1.29, 1.82) is 0 Å². The average Bonchev–Trinajstić information content (AvgIpc) is 2.97. The number of aromatic nitrogens is 5. The molecule has 108 valence electrons. The van der Waals surface area contributed by atoms with Gasteiger partial charge in [-0.25, -0.2) is 9.67 Å². The van der Waals surface area contributed by atoms with E-state index in [1.807, 2.05) is 6.92 Å². The van der Waals surface area contributed by atoms with Crippen molar-refractivity contribution in [2.45, 2.75) is 32.9 Å². The van der Waals surface area contributed by atoms with Gasteiger partial charge in [-0.3, -0.25) is 9.48 Å². The van der Waals surface area contributed by atoms with Gasteiger partial charge < -0.3 is 5.32 Å². The van der Waals surface area contributed by atoms with Crippen LogP contribution in [0.3, 0.4) is 0 Å². The van der Waals surface area contributed by atoms with Gasteiger partial charge in [-0.15, -0.1) is 0 Å². The summed E-state index contributed by atoms with van der Waals surface area (Å²) in [7, 11) is 1.67. The Kier molecular flexibility index (Phi) is 4.39. The molecule has 2 heterocycles. The fourth-order valence-electron chi connectivity index (χ4n) is 1.99. The molecule has 2 rings (SSSR count). The van der Waals surface area contributed by atoms with Crippen molar-refractivity contribution in [3.63, 3.8) is 0 Å². The molecule has 0 unspecified atom stereocenters. The molecule has 0 spiro atoms. The minimum Gasteiger partial charge on any atom is -0.341 e. The lowest BCUT2D eigenvalue weighted by atomic mass is 10.3. The quantitative estimate of drug-likeness (QED) is 0.908. The molecule has 1 N–H and O–H groups in total. The van der Waals surface area contributed by atoms with Crippen molar-refractivity contribution in [2.24, 2.45) is 7.05 Å². The molecular weight excluding hydrogens is 280 g/mol. The summed E-state index contributed by atoms with van der Waals surface area (Å²) in [4.78, 5) is 16.4. The van der Waals surface area contributed by atoms with Gasteiger partial charge >= 0.3 is 0 Å². The molecule has 1 atom stereocenters. The van der Waals surface area contributed by atoms with E-state index in [0.29, 0.717) is 10.7 Å². The standard InChI is InChI=1S/C12H17ClN6O/c1-4-5-19-11(14-7-16-19)8(2)17-12(20)10-9(13)6-15-18(10)3/h6-8H,4-5H2,1-3H3,(H,17,20)/t8-/m1/s1. The predicted molar refractivity (Wildman–Crippen MR) is 74.4 cm³/mol. The fraction of sp³-hybridized carbons (Fsp3) is 0.500. The van der Waals surface area contributed by atoms with Gasteiger partial charge in [0.25, 0.3) is 5.91 Å². The number of nitrogens with one attached hydrogen (secondary N) is 1. The predicted octanol–water partition coefficient (Wildman–Crippen LogP) is 1.57. The number of hydrogen-bond acceptors (Lipinski definition) is 4. The smallest absolute Gasteiger partial charge is 0.271 e. The third-order valence-electron chi connectivity index (χ3n) is 2.92. The Labute approximate surface area is 121 Å². The van der Waals surface area contributed by atoms with Crippen LogP contribution in [0.1, 0.15) is 42.6 Å². The second kappa shape index (κ2) is 6.04. The summed E-state index contributed by atoms with van der Waals surface area (Å²) in [6.45, 7) is 4.68. The van der Waals surface area contributed by atoms with Crippen LogP contribution in [0.25, 0.3) is 0 Å². The van der Waals surface area contributed by atoms with Gasteiger partial charge in [-0.1, -0.05) is 18.5 Å². The molecule has 20 heavy (non-hydrogen) atoms. The first kappa shape index (κ1) is 14.5. The highest BCUT2D eigenvalue weighted by atomic mass is 35.5. The van der Waals surface area contributed by atoms with Gasteiger partial charge in [0.2, 0.25) is 0 Å². The molecule has 0 saturated heterocycles. The molecule has 8 heteroatoms. The van der Waals surface area contributed by atoms with E-state index in [0.717, 1.165) is 18.8 Å². The van der Waals surface area contributed by atoms with Gasteiger partial charge in [0, 0.05) is 13.6 Å². The molecule has 0 saturated carbocycles. The van der Waals surface area contributed by atoms with Crippen molar-refractivity contribution in [2.75, 3.05) is 0 Å². The van der Waals surface area contributed by atoms with Crippen molar-refractivity contribution in [3.05, 3.63) is 29.1 Å². The van der Waals surface area contributed by atoms with Crippen LogP contribution in [-0.4, -0.2) is 30.5 Å². The van der Waals surface area contributed by atoms with E-state index in [1.165, 1.54) is 17.2 Å². The number of halogens is 1. The normalized spacial score (nSPS) is 12.4. The Morgan fingerprint density at radius 2 is 2.25 bits per heavy atom. The van der Waals surface area contributed by atoms with E-state index in [1.54, 1.807) is 11.7 Å². The summed E-state index contributed by atoms with van der Waals surface area (Å²) in [5.41, 5.74) is 0.333. The van der Waals surface area contributed by atoms with Crippen molar-refractivity contribution in [1.82, 2.24) is 29.9 Å². The highest BCUT2D eigenvalue weighted by molar-refractivity contribution is 6.33. The van der Waals surface area contributed by atoms with Gasteiger partial charge in [-0.05, 0) is 13.3 Å². The summed E-state index contributed by atoms with van der Waals surface area (Å²) in [5.74, 6) is 0.437. The maximum atomic E-state index is 12.2. The first-order valence-corrected chi connectivity index (χ1v) is 6.78. The number of aryl methyl sites for hydroxylation is 2. The number of rotatable bonds is 5. The lowest BCUT2D eigenvalue weighted by molar-refractivity contribution is 0.0928. The zero-order valence-corrected chi connectivity index (χ0v) is 12.4. The lowest BCUT2D eigenvalue weighted by Gasteiger charge is -2.14. The third-order valence-corrected chi connectivity index (χ3v) is 3.20. The van der Waals surface area contributed by atoms with Gasteiger partial charge in [-0.2, -0.15) is 10.2 Å². The van der Waals surface area contributed by atoms with E-state index in [-0.39, 0.29) is 11.9 Å². The van der Waals surface area contributed by atoms with Crippen molar-refractivity contribution in [3.8, 4) is 0 Å². The van der Waals surface area contributed by atoms with Crippen LogP contribution in [0, 0.1) is 0 Å². The molecule has 7 nitrogen and oxygen atoms in total. The van der Waals surface area contributed by atoms with Crippen LogP contribution < -0.4 is 5.32 Å². The Morgan fingerprint density at radius 1 is 1.50 bits per heavy atom. The van der Waals surface area contributed by atoms with Crippen molar-refractivity contribution < 1.29 is 4.79 Å². The molecule has 0 aliphatic heterocycles. The number of nitrogens with zero attached hydrogens (tertiary/aromatic N) is 5. The van der Waals surface area contributed by atoms with Gasteiger partial charge in [0.15, 0.2) is 0 Å². The van der Waals surface area contributed by atoms with E-state index < -0.39 is 0 Å². The highest BCUT2D eigenvalue weighted by Gasteiger charge is 2.20. The Morgan fingerprint density at radius 3 is 2.85 bits per heavy atom. The molecule has 1 amide bonds.